The Labute approximate surface area is 118 Å². The number of aliphatic carboxylic acids is 1. The van der Waals surface area contributed by atoms with E-state index in [1.807, 2.05) is 44.2 Å². The van der Waals surface area contributed by atoms with Crippen LogP contribution >= 0.6 is 0 Å². The van der Waals surface area contributed by atoms with Crippen molar-refractivity contribution in [2.45, 2.75) is 26.7 Å². The fourth-order valence-corrected chi connectivity index (χ4v) is 2.43. The van der Waals surface area contributed by atoms with Crippen LogP contribution in [0.15, 0.2) is 30.4 Å². The van der Waals surface area contributed by atoms with Crippen molar-refractivity contribution in [3.05, 3.63) is 41.5 Å². The molecule has 1 aliphatic rings. The van der Waals surface area contributed by atoms with E-state index in [4.69, 9.17) is 0 Å². The van der Waals surface area contributed by atoms with Gasteiger partial charge in [-0.2, -0.15) is 0 Å². The minimum Gasteiger partial charge on any atom is -0.481 e. The van der Waals surface area contributed by atoms with Gasteiger partial charge < -0.3 is 10.4 Å². The van der Waals surface area contributed by atoms with Crippen molar-refractivity contribution < 1.29 is 14.7 Å². The lowest BCUT2D eigenvalue weighted by atomic mass is 9.82. The summed E-state index contributed by atoms with van der Waals surface area (Å²) in [6, 6.07) is 5.69. The van der Waals surface area contributed by atoms with Crippen molar-refractivity contribution in [2.75, 3.05) is 5.32 Å². The Morgan fingerprint density at radius 1 is 1.10 bits per heavy atom. The molecule has 1 aliphatic carbocycles. The smallest absolute Gasteiger partial charge is 0.307 e. The Morgan fingerprint density at radius 3 is 2.35 bits per heavy atom. The molecule has 0 saturated carbocycles. The van der Waals surface area contributed by atoms with E-state index in [1.54, 1.807) is 0 Å². The standard InChI is InChI=1S/C16H19NO3/c1-10-7-8-12(9-11(10)2)17-15(18)13-5-3-4-6-14(13)16(19)20/h3-4,7-9,13-14H,5-6H2,1-2H3,(H,17,18)(H,19,20)/t13-,14+/m0/s1. The van der Waals surface area contributed by atoms with E-state index in [0.29, 0.717) is 12.8 Å². The maximum atomic E-state index is 12.3. The Morgan fingerprint density at radius 2 is 1.75 bits per heavy atom. The second-order valence-corrected chi connectivity index (χ2v) is 5.28. The average molecular weight is 273 g/mol. The van der Waals surface area contributed by atoms with Crippen LogP contribution in [0.2, 0.25) is 0 Å². The van der Waals surface area contributed by atoms with E-state index in [-0.39, 0.29) is 5.91 Å². The molecule has 1 aromatic rings. The van der Waals surface area contributed by atoms with Gasteiger partial charge >= 0.3 is 5.97 Å². The highest BCUT2D eigenvalue weighted by Gasteiger charge is 2.33. The summed E-state index contributed by atoms with van der Waals surface area (Å²) in [7, 11) is 0. The van der Waals surface area contributed by atoms with Crippen molar-refractivity contribution in [1.82, 2.24) is 0 Å². The van der Waals surface area contributed by atoms with Crippen LogP contribution in [-0.4, -0.2) is 17.0 Å². The summed E-state index contributed by atoms with van der Waals surface area (Å²) in [5.41, 5.74) is 2.98. The third kappa shape index (κ3) is 3.07. The molecular weight excluding hydrogens is 254 g/mol. The molecule has 4 nitrogen and oxygen atoms in total. The molecule has 106 valence electrons. The number of anilines is 1. The van der Waals surface area contributed by atoms with E-state index >= 15 is 0 Å². The molecule has 0 unspecified atom stereocenters. The second-order valence-electron chi connectivity index (χ2n) is 5.28. The molecule has 0 radical (unpaired) electrons. The lowest BCUT2D eigenvalue weighted by Crippen LogP contribution is -2.34. The van der Waals surface area contributed by atoms with Gasteiger partial charge in [-0.3, -0.25) is 9.59 Å². The summed E-state index contributed by atoms with van der Waals surface area (Å²) in [5, 5.41) is 12.0. The maximum absolute atomic E-state index is 12.3. The van der Waals surface area contributed by atoms with Crippen LogP contribution in [0.5, 0.6) is 0 Å². The van der Waals surface area contributed by atoms with Gasteiger partial charge in [-0.05, 0) is 49.9 Å². The summed E-state index contributed by atoms with van der Waals surface area (Å²) in [6.45, 7) is 3.99. The lowest BCUT2D eigenvalue weighted by Gasteiger charge is -2.24. The molecule has 0 aromatic heterocycles. The molecule has 1 aromatic carbocycles. The zero-order chi connectivity index (χ0) is 14.7. The number of amides is 1. The Hall–Kier alpha value is -2.10. The maximum Gasteiger partial charge on any atom is 0.307 e. The van der Waals surface area contributed by atoms with Crippen molar-refractivity contribution in [3.63, 3.8) is 0 Å². The first-order valence-corrected chi connectivity index (χ1v) is 6.75. The summed E-state index contributed by atoms with van der Waals surface area (Å²) < 4.78 is 0. The summed E-state index contributed by atoms with van der Waals surface area (Å²) in [6.07, 6.45) is 4.61. The predicted octanol–water partition coefficient (Wildman–Crippen LogP) is 2.91. The third-order valence-corrected chi connectivity index (χ3v) is 3.86. The second kappa shape index (κ2) is 5.90. The number of hydrogen-bond donors (Lipinski definition) is 2. The van der Waals surface area contributed by atoms with Crippen molar-refractivity contribution in [1.29, 1.82) is 0 Å². The molecule has 20 heavy (non-hydrogen) atoms. The van der Waals surface area contributed by atoms with E-state index in [9.17, 15) is 14.7 Å². The highest BCUT2D eigenvalue weighted by molar-refractivity contribution is 5.95. The van der Waals surface area contributed by atoms with E-state index in [1.165, 1.54) is 0 Å². The van der Waals surface area contributed by atoms with Crippen LogP contribution < -0.4 is 5.32 Å². The first kappa shape index (κ1) is 14.3. The number of carboxylic acid groups (broad SMARTS) is 1. The minimum atomic E-state index is -0.908. The van der Waals surface area contributed by atoms with Gasteiger partial charge in [0.15, 0.2) is 0 Å². The van der Waals surface area contributed by atoms with E-state index in [2.05, 4.69) is 5.32 Å². The molecule has 2 rings (SSSR count). The first-order valence-electron chi connectivity index (χ1n) is 6.75. The fourth-order valence-electron chi connectivity index (χ4n) is 2.43. The van der Waals surface area contributed by atoms with Crippen LogP contribution in [0.3, 0.4) is 0 Å². The Kier molecular flexibility index (Phi) is 4.23. The van der Waals surface area contributed by atoms with Crippen LogP contribution in [-0.2, 0) is 9.59 Å². The van der Waals surface area contributed by atoms with Gasteiger partial charge in [0.2, 0.25) is 5.91 Å². The number of carbonyl (C=O) groups is 2. The number of carboxylic acids is 1. The highest BCUT2D eigenvalue weighted by atomic mass is 16.4. The van der Waals surface area contributed by atoms with Crippen LogP contribution in [0.25, 0.3) is 0 Å². The molecular formula is C16H19NO3. The predicted molar refractivity (Wildman–Crippen MR) is 77.5 cm³/mol. The zero-order valence-corrected chi connectivity index (χ0v) is 11.7. The molecule has 0 saturated heterocycles. The average Bonchev–Trinajstić information content (AvgIpc) is 2.43. The normalized spacial score (nSPS) is 21.5. The number of benzene rings is 1. The van der Waals surface area contributed by atoms with E-state index in [0.717, 1.165) is 16.8 Å². The van der Waals surface area contributed by atoms with Gasteiger partial charge in [0.1, 0.15) is 0 Å². The number of aryl methyl sites for hydroxylation is 2. The SMILES string of the molecule is Cc1ccc(NC(=O)[C@H]2CC=CC[C@H]2C(=O)O)cc1C. The summed E-state index contributed by atoms with van der Waals surface area (Å²) in [5.74, 6) is -2.26. The zero-order valence-electron chi connectivity index (χ0n) is 11.7. The van der Waals surface area contributed by atoms with Crippen LogP contribution in [0.4, 0.5) is 5.69 Å². The molecule has 2 N–H and O–H groups in total. The molecule has 0 bridgehead atoms. The molecule has 0 fully saturated rings. The molecule has 4 heteroatoms. The topological polar surface area (TPSA) is 66.4 Å². The number of rotatable bonds is 3. The van der Waals surface area contributed by atoms with Gasteiger partial charge in [-0.15, -0.1) is 0 Å². The van der Waals surface area contributed by atoms with Crippen molar-refractivity contribution in [3.8, 4) is 0 Å². The number of allylic oxidation sites excluding steroid dienone is 2. The van der Waals surface area contributed by atoms with Crippen LogP contribution in [0, 0.1) is 25.7 Å². The van der Waals surface area contributed by atoms with Gasteiger partial charge in [0, 0.05) is 5.69 Å². The molecule has 0 heterocycles. The monoisotopic (exact) mass is 273 g/mol. The van der Waals surface area contributed by atoms with Crippen molar-refractivity contribution >= 4 is 17.6 Å². The third-order valence-electron chi connectivity index (χ3n) is 3.86. The minimum absolute atomic E-state index is 0.218. The van der Waals surface area contributed by atoms with Gasteiger partial charge in [-0.25, -0.2) is 0 Å². The Balaban J connectivity index is 2.12. The molecule has 1 amide bonds. The number of hydrogen-bond acceptors (Lipinski definition) is 2. The van der Waals surface area contributed by atoms with Gasteiger partial charge in [0.25, 0.3) is 0 Å². The van der Waals surface area contributed by atoms with Crippen LogP contribution in [0.1, 0.15) is 24.0 Å². The largest absolute Gasteiger partial charge is 0.481 e. The quantitative estimate of drug-likeness (QED) is 0.832. The van der Waals surface area contributed by atoms with Gasteiger partial charge in [0.05, 0.1) is 11.8 Å². The Bertz CT molecular complexity index is 563. The molecule has 0 spiro atoms. The fraction of sp³-hybridized carbons (Fsp3) is 0.375. The van der Waals surface area contributed by atoms with Crippen molar-refractivity contribution in [2.24, 2.45) is 11.8 Å². The first-order chi connectivity index (χ1) is 9.49. The summed E-state index contributed by atoms with van der Waals surface area (Å²) >= 11 is 0. The number of carbonyl (C=O) groups excluding carboxylic acids is 1. The van der Waals surface area contributed by atoms with E-state index < -0.39 is 17.8 Å². The van der Waals surface area contributed by atoms with Gasteiger partial charge in [-0.1, -0.05) is 18.2 Å². The number of nitrogens with one attached hydrogen (secondary N) is 1. The highest BCUT2D eigenvalue weighted by Crippen LogP contribution is 2.27. The lowest BCUT2D eigenvalue weighted by molar-refractivity contribution is -0.146. The summed E-state index contributed by atoms with van der Waals surface area (Å²) in [4.78, 5) is 23.5. The molecule has 0 aliphatic heterocycles. The molecule has 2 atom stereocenters.